The van der Waals surface area contributed by atoms with Crippen LogP contribution in [0.2, 0.25) is 0 Å². The molecule has 0 atom stereocenters. The first-order valence-electron chi connectivity index (χ1n) is 4.73. The fraction of sp³-hybridized carbons (Fsp3) is 0.250. The lowest BCUT2D eigenvalue weighted by Gasteiger charge is -2.03. The molecule has 0 fully saturated rings. The van der Waals surface area contributed by atoms with Gasteiger partial charge in [-0.2, -0.15) is 12.6 Å². The van der Waals surface area contributed by atoms with Crippen molar-refractivity contribution in [3.63, 3.8) is 0 Å². The van der Waals surface area contributed by atoms with Crippen LogP contribution in [0.3, 0.4) is 0 Å². The van der Waals surface area contributed by atoms with E-state index < -0.39 is 31.8 Å². The number of benzene rings is 1. The first kappa shape index (κ1) is 15.2. The monoisotopic (exact) mass is 305 g/mol. The number of non-ortho nitro benzene ring substituents is 1. The van der Waals surface area contributed by atoms with Crippen LogP contribution in [0.1, 0.15) is 0 Å². The van der Waals surface area contributed by atoms with Gasteiger partial charge in [0.1, 0.15) is 0 Å². The van der Waals surface area contributed by atoms with E-state index in [1.165, 1.54) is 0 Å². The molecular formula is C8H7N3O6S2. The molecule has 1 rings (SSSR count). The van der Waals surface area contributed by atoms with Crippen LogP contribution in [-0.4, -0.2) is 26.3 Å². The van der Waals surface area contributed by atoms with Crippen molar-refractivity contribution >= 4 is 41.5 Å². The van der Waals surface area contributed by atoms with Gasteiger partial charge >= 0.3 is 0 Å². The average Bonchev–Trinajstić information content (AvgIpc) is 2.34. The first-order chi connectivity index (χ1) is 8.88. The lowest BCUT2D eigenvalue weighted by molar-refractivity contribution is -0.407. The van der Waals surface area contributed by atoms with Crippen molar-refractivity contribution in [2.24, 2.45) is 0 Å². The van der Waals surface area contributed by atoms with Crippen LogP contribution in [0.25, 0.3) is 0 Å². The Hall–Kier alpha value is -1.88. The molecule has 0 bridgehead atoms. The summed E-state index contributed by atoms with van der Waals surface area (Å²) in [5.41, 5.74) is -1.98. The number of nitro groups is 3. The predicted octanol–water partition coefficient (Wildman–Crippen LogP) is 2.43. The molecule has 0 aliphatic carbocycles. The van der Waals surface area contributed by atoms with Crippen molar-refractivity contribution in [2.75, 3.05) is 11.5 Å². The molecule has 0 aromatic heterocycles. The largest absolute Gasteiger partial charge is 0.296 e. The van der Waals surface area contributed by atoms with Crippen molar-refractivity contribution in [3.8, 4) is 0 Å². The van der Waals surface area contributed by atoms with Gasteiger partial charge in [0.15, 0.2) is 4.90 Å². The average molecular weight is 305 g/mol. The van der Waals surface area contributed by atoms with Crippen LogP contribution >= 0.6 is 24.4 Å². The van der Waals surface area contributed by atoms with Gasteiger partial charge in [-0.1, -0.05) is 0 Å². The van der Waals surface area contributed by atoms with Crippen molar-refractivity contribution in [2.45, 2.75) is 4.90 Å². The maximum Gasteiger partial charge on any atom is 0.296 e. The molecule has 0 heterocycles. The zero-order valence-electron chi connectivity index (χ0n) is 9.22. The summed E-state index contributed by atoms with van der Waals surface area (Å²) < 4.78 is 0. The van der Waals surface area contributed by atoms with Crippen molar-refractivity contribution < 1.29 is 14.8 Å². The quantitative estimate of drug-likeness (QED) is 0.369. The number of hydrogen-bond donors (Lipinski definition) is 1. The number of hydrogen-bond acceptors (Lipinski definition) is 8. The molecule has 1 aromatic carbocycles. The zero-order valence-corrected chi connectivity index (χ0v) is 10.9. The van der Waals surface area contributed by atoms with Crippen LogP contribution < -0.4 is 0 Å². The molecule has 0 amide bonds. The topological polar surface area (TPSA) is 129 Å². The minimum absolute atomic E-state index is 0.199. The maximum absolute atomic E-state index is 10.9. The fourth-order valence-electron chi connectivity index (χ4n) is 1.26. The highest BCUT2D eigenvalue weighted by atomic mass is 32.2. The molecular weight excluding hydrogens is 298 g/mol. The minimum Gasteiger partial charge on any atom is -0.258 e. The molecule has 0 aliphatic rings. The molecule has 0 unspecified atom stereocenters. The summed E-state index contributed by atoms with van der Waals surface area (Å²) in [5.74, 6) is 0.665. The summed E-state index contributed by atoms with van der Waals surface area (Å²) in [6, 6.07) is 1.43. The first-order valence-corrected chi connectivity index (χ1v) is 6.35. The van der Waals surface area contributed by atoms with Crippen LogP contribution in [0, 0.1) is 30.3 Å². The third kappa shape index (κ3) is 3.54. The van der Waals surface area contributed by atoms with Crippen molar-refractivity contribution in [3.05, 3.63) is 42.5 Å². The Morgan fingerprint density at radius 2 is 1.47 bits per heavy atom. The minimum atomic E-state index is -0.910. The second kappa shape index (κ2) is 6.33. The summed E-state index contributed by atoms with van der Waals surface area (Å²) in [5, 5.41) is 32.3. The van der Waals surface area contributed by atoms with E-state index >= 15 is 0 Å². The highest BCUT2D eigenvalue weighted by Crippen LogP contribution is 2.40. The van der Waals surface area contributed by atoms with Gasteiger partial charge in [0, 0.05) is 5.75 Å². The van der Waals surface area contributed by atoms with E-state index in [9.17, 15) is 30.3 Å². The smallest absolute Gasteiger partial charge is 0.258 e. The SMILES string of the molecule is O=[N+]([O-])c1cc([N+](=O)[O-])c(SCCS)c([N+](=O)[O-])c1. The van der Waals surface area contributed by atoms with E-state index in [0.29, 0.717) is 23.6 Å². The molecule has 102 valence electrons. The Bertz CT molecular complexity index is 514. The third-order valence-corrected chi connectivity index (χ3v) is 3.62. The number of nitrogens with zero attached hydrogens (tertiary/aromatic N) is 3. The maximum atomic E-state index is 10.9. The summed E-state index contributed by atoms with van der Waals surface area (Å²) >= 11 is 4.78. The van der Waals surface area contributed by atoms with Gasteiger partial charge in [0.25, 0.3) is 17.1 Å². The molecule has 1 aromatic rings. The molecule has 0 radical (unpaired) electrons. The van der Waals surface area contributed by atoms with E-state index in [0.717, 1.165) is 11.8 Å². The predicted molar refractivity (Wildman–Crippen MR) is 71.0 cm³/mol. The van der Waals surface area contributed by atoms with Gasteiger partial charge in [0.2, 0.25) is 0 Å². The number of rotatable bonds is 6. The summed E-state index contributed by atoms with van der Waals surface area (Å²) in [6.45, 7) is 0. The van der Waals surface area contributed by atoms with Crippen molar-refractivity contribution in [1.29, 1.82) is 0 Å². The third-order valence-electron chi connectivity index (χ3n) is 1.98. The lowest BCUT2D eigenvalue weighted by atomic mass is 10.2. The van der Waals surface area contributed by atoms with Crippen LogP contribution in [0.5, 0.6) is 0 Å². The van der Waals surface area contributed by atoms with Gasteiger partial charge in [-0.25, -0.2) is 0 Å². The number of nitro benzene ring substituents is 3. The van der Waals surface area contributed by atoms with Crippen LogP contribution in [0.15, 0.2) is 17.0 Å². The normalized spacial score (nSPS) is 10.2. The standard InChI is InChI=1S/C8H7N3O6S2/c12-9(13)5-3-6(10(14)15)8(19-2-1-18)7(4-5)11(16)17/h3-4,18H,1-2H2. The van der Waals surface area contributed by atoms with Gasteiger partial charge < -0.3 is 0 Å². The number of thioether (sulfide) groups is 1. The van der Waals surface area contributed by atoms with Gasteiger partial charge in [-0.05, 0) is 5.75 Å². The van der Waals surface area contributed by atoms with Crippen LogP contribution in [0.4, 0.5) is 17.1 Å². The van der Waals surface area contributed by atoms with E-state index in [1.807, 2.05) is 0 Å². The van der Waals surface area contributed by atoms with Gasteiger partial charge in [-0.3, -0.25) is 30.3 Å². The molecule has 0 saturated heterocycles. The molecule has 11 heteroatoms. The zero-order chi connectivity index (χ0) is 14.6. The summed E-state index contributed by atoms with van der Waals surface area (Å²) in [6.07, 6.45) is 0. The van der Waals surface area contributed by atoms with Gasteiger partial charge in [0.05, 0.1) is 26.9 Å². The molecule has 9 nitrogen and oxygen atoms in total. The Balaban J connectivity index is 3.50. The highest BCUT2D eigenvalue weighted by Gasteiger charge is 2.30. The van der Waals surface area contributed by atoms with Crippen LogP contribution in [-0.2, 0) is 0 Å². The molecule has 0 N–H and O–H groups in total. The van der Waals surface area contributed by atoms with E-state index in [-0.39, 0.29) is 4.90 Å². The second-order valence-electron chi connectivity index (χ2n) is 3.16. The molecule has 19 heavy (non-hydrogen) atoms. The lowest BCUT2D eigenvalue weighted by Crippen LogP contribution is -2.00. The fourth-order valence-corrected chi connectivity index (χ4v) is 2.39. The molecule has 0 aliphatic heterocycles. The van der Waals surface area contributed by atoms with Crippen molar-refractivity contribution in [1.82, 2.24) is 0 Å². The van der Waals surface area contributed by atoms with E-state index in [4.69, 9.17) is 0 Å². The Morgan fingerprint density at radius 3 is 1.79 bits per heavy atom. The van der Waals surface area contributed by atoms with E-state index in [2.05, 4.69) is 12.6 Å². The van der Waals surface area contributed by atoms with E-state index in [1.54, 1.807) is 0 Å². The summed E-state index contributed by atoms with van der Waals surface area (Å²) in [4.78, 5) is 29.5. The number of thiol groups is 1. The molecule has 0 saturated carbocycles. The van der Waals surface area contributed by atoms with Gasteiger partial charge in [-0.15, -0.1) is 11.8 Å². The summed E-state index contributed by atoms with van der Waals surface area (Å²) in [7, 11) is 0. The Labute approximate surface area is 115 Å². The molecule has 0 spiro atoms. The Kier molecular flexibility index (Phi) is 5.06. The highest BCUT2D eigenvalue weighted by molar-refractivity contribution is 8.00. The second-order valence-corrected chi connectivity index (χ2v) is 4.71. The Morgan fingerprint density at radius 1 is 1.00 bits per heavy atom.